The summed E-state index contributed by atoms with van der Waals surface area (Å²) in [6.07, 6.45) is 5.14. The molecule has 0 bridgehead atoms. The summed E-state index contributed by atoms with van der Waals surface area (Å²) < 4.78 is 5.61. The Morgan fingerprint density at radius 2 is 1.61 bits per heavy atom. The smallest absolute Gasteiger partial charge is 0.233 e. The zero-order chi connectivity index (χ0) is 16.3. The summed E-state index contributed by atoms with van der Waals surface area (Å²) in [6.45, 7) is 8.43. The molecular formula is C20H27NO2. The van der Waals surface area contributed by atoms with Crippen molar-refractivity contribution in [1.29, 1.82) is 0 Å². The van der Waals surface area contributed by atoms with E-state index in [1.807, 2.05) is 4.90 Å². The van der Waals surface area contributed by atoms with Gasteiger partial charge in [0.1, 0.15) is 0 Å². The predicted octanol–water partition coefficient (Wildman–Crippen LogP) is 4.05. The molecule has 2 heterocycles. The topological polar surface area (TPSA) is 32.8 Å². The second-order valence-electron chi connectivity index (χ2n) is 8.76. The Balaban J connectivity index is 1.51. The van der Waals surface area contributed by atoms with E-state index >= 15 is 0 Å². The van der Waals surface area contributed by atoms with Crippen LogP contribution in [0.2, 0.25) is 0 Å². The van der Waals surface area contributed by atoms with Crippen molar-refractivity contribution >= 4 is 11.6 Å². The molecule has 1 aliphatic carbocycles. The lowest BCUT2D eigenvalue weighted by Gasteiger charge is -2.34. The van der Waals surface area contributed by atoms with E-state index < -0.39 is 0 Å². The maximum atomic E-state index is 13.1. The summed E-state index contributed by atoms with van der Waals surface area (Å²) in [5, 5.41) is 0. The van der Waals surface area contributed by atoms with Crippen LogP contribution in [0, 0.1) is 5.41 Å². The Hall–Kier alpha value is -1.35. The van der Waals surface area contributed by atoms with E-state index in [-0.39, 0.29) is 16.4 Å². The summed E-state index contributed by atoms with van der Waals surface area (Å²) in [5.74, 6) is 0.344. The third-order valence-corrected chi connectivity index (χ3v) is 6.23. The van der Waals surface area contributed by atoms with Crippen LogP contribution in [0.1, 0.15) is 58.4 Å². The molecular weight excluding hydrogens is 286 g/mol. The molecule has 2 spiro atoms. The Morgan fingerprint density at radius 3 is 2.13 bits per heavy atom. The predicted molar refractivity (Wildman–Crippen MR) is 91.7 cm³/mol. The largest absolute Gasteiger partial charge is 0.370 e. The maximum absolute atomic E-state index is 13.1. The monoisotopic (exact) mass is 313 g/mol. The third-order valence-electron chi connectivity index (χ3n) is 6.23. The molecule has 124 valence electrons. The van der Waals surface area contributed by atoms with Gasteiger partial charge in [-0.25, -0.2) is 0 Å². The van der Waals surface area contributed by atoms with Crippen molar-refractivity contribution in [2.45, 2.75) is 63.9 Å². The first-order valence-electron chi connectivity index (χ1n) is 8.90. The van der Waals surface area contributed by atoms with E-state index in [0.29, 0.717) is 5.91 Å². The first kappa shape index (κ1) is 15.2. The zero-order valence-electron chi connectivity index (χ0n) is 14.5. The van der Waals surface area contributed by atoms with Crippen LogP contribution in [0.25, 0.3) is 0 Å². The maximum Gasteiger partial charge on any atom is 0.233 e. The van der Waals surface area contributed by atoms with Gasteiger partial charge in [-0.15, -0.1) is 0 Å². The Labute approximate surface area is 139 Å². The fourth-order valence-electron chi connectivity index (χ4n) is 4.25. The van der Waals surface area contributed by atoms with Crippen LogP contribution < -0.4 is 4.90 Å². The minimum absolute atomic E-state index is 0.111. The van der Waals surface area contributed by atoms with Gasteiger partial charge in [-0.2, -0.15) is 0 Å². The van der Waals surface area contributed by atoms with Crippen LogP contribution in [0.5, 0.6) is 0 Å². The number of carbonyl (C=O) groups excluding carboxylic acids is 1. The van der Waals surface area contributed by atoms with E-state index in [2.05, 4.69) is 45.0 Å². The number of hydrogen-bond acceptors (Lipinski definition) is 2. The number of epoxide rings is 1. The lowest BCUT2D eigenvalue weighted by atomic mass is 9.69. The van der Waals surface area contributed by atoms with Gasteiger partial charge in [-0.05, 0) is 55.2 Å². The highest BCUT2D eigenvalue weighted by atomic mass is 16.6. The molecule has 2 saturated heterocycles. The van der Waals surface area contributed by atoms with Crippen LogP contribution in [0.15, 0.2) is 24.3 Å². The number of nitrogens with zero attached hydrogens (tertiary/aromatic N) is 1. The molecule has 0 aromatic heterocycles. The van der Waals surface area contributed by atoms with Crippen LogP contribution in [0.3, 0.4) is 0 Å². The Morgan fingerprint density at radius 1 is 1.00 bits per heavy atom. The fourth-order valence-corrected chi connectivity index (χ4v) is 4.25. The van der Waals surface area contributed by atoms with E-state index in [0.717, 1.165) is 50.9 Å². The van der Waals surface area contributed by atoms with Crippen molar-refractivity contribution in [3.63, 3.8) is 0 Å². The standard InChI is InChI=1S/C20H27NO2/c1-18(2,3)15-4-6-16(7-5-15)21-13-12-19(17(21)22)8-10-20(11-9-19)14-23-20/h4-7H,8-14H2,1-3H3/t19-,20-. The fraction of sp³-hybridized carbons (Fsp3) is 0.650. The molecule has 3 aliphatic rings. The molecule has 0 radical (unpaired) electrons. The zero-order valence-corrected chi connectivity index (χ0v) is 14.5. The van der Waals surface area contributed by atoms with E-state index in [4.69, 9.17) is 4.74 Å². The molecule has 3 fully saturated rings. The summed E-state index contributed by atoms with van der Waals surface area (Å²) in [6, 6.07) is 8.57. The summed E-state index contributed by atoms with van der Waals surface area (Å²) in [7, 11) is 0. The number of ether oxygens (including phenoxy) is 1. The van der Waals surface area contributed by atoms with Crippen molar-refractivity contribution in [2.75, 3.05) is 18.1 Å². The van der Waals surface area contributed by atoms with Crippen LogP contribution in [-0.4, -0.2) is 24.7 Å². The molecule has 1 saturated carbocycles. The van der Waals surface area contributed by atoms with Gasteiger partial charge >= 0.3 is 0 Å². The van der Waals surface area contributed by atoms with Crippen LogP contribution in [0.4, 0.5) is 5.69 Å². The van der Waals surface area contributed by atoms with Gasteiger partial charge in [0.25, 0.3) is 0 Å². The molecule has 0 atom stereocenters. The average Bonchev–Trinajstić information content (AvgIpc) is 3.21. The molecule has 3 nitrogen and oxygen atoms in total. The van der Waals surface area contributed by atoms with Gasteiger partial charge < -0.3 is 9.64 Å². The number of rotatable bonds is 1. The van der Waals surface area contributed by atoms with Crippen molar-refractivity contribution < 1.29 is 9.53 Å². The molecule has 2 aliphatic heterocycles. The second-order valence-corrected chi connectivity index (χ2v) is 8.76. The first-order valence-corrected chi connectivity index (χ1v) is 8.90. The molecule has 1 aromatic carbocycles. The number of benzene rings is 1. The average molecular weight is 313 g/mol. The molecule has 1 aromatic rings. The van der Waals surface area contributed by atoms with E-state index in [1.54, 1.807) is 0 Å². The highest BCUT2D eigenvalue weighted by Crippen LogP contribution is 2.53. The van der Waals surface area contributed by atoms with Gasteiger partial charge in [-0.3, -0.25) is 4.79 Å². The molecule has 0 unspecified atom stereocenters. The summed E-state index contributed by atoms with van der Waals surface area (Å²) in [4.78, 5) is 15.1. The minimum atomic E-state index is -0.111. The van der Waals surface area contributed by atoms with Gasteiger partial charge in [0.15, 0.2) is 0 Å². The van der Waals surface area contributed by atoms with Crippen molar-refractivity contribution in [2.24, 2.45) is 5.41 Å². The molecule has 23 heavy (non-hydrogen) atoms. The number of hydrogen-bond donors (Lipinski definition) is 0. The SMILES string of the molecule is CC(C)(C)c1ccc(N2CC[C@]3(CC[C@@]4(CC3)CO4)C2=O)cc1. The summed E-state index contributed by atoms with van der Waals surface area (Å²) in [5.41, 5.74) is 2.57. The van der Waals surface area contributed by atoms with E-state index in [1.165, 1.54) is 5.56 Å². The minimum Gasteiger partial charge on any atom is -0.370 e. The summed E-state index contributed by atoms with van der Waals surface area (Å²) >= 11 is 0. The Kier molecular flexibility index (Phi) is 3.19. The highest BCUT2D eigenvalue weighted by molar-refractivity contribution is 6.00. The molecule has 3 heteroatoms. The van der Waals surface area contributed by atoms with Crippen molar-refractivity contribution in [3.05, 3.63) is 29.8 Å². The van der Waals surface area contributed by atoms with Crippen LogP contribution >= 0.6 is 0 Å². The lowest BCUT2D eigenvalue weighted by Crippen LogP contribution is -2.39. The number of amides is 1. The quantitative estimate of drug-likeness (QED) is 0.733. The van der Waals surface area contributed by atoms with Crippen molar-refractivity contribution in [3.8, 4) is 0 Å². The number of carbonyl (C=O) groups is 1. The third kappa shape index (κ3) is 2.50. The van der Waals surface area contributed by atoms with Crippen molar-refractivity contribution in [1.82, 2.24) is 0 Å². The molecule has 1 amide bonds. The van der Waals surface area contributed by atoms with Gasteiger partial charge in [0, 0.05) is 12.2 Å². The first-order chi connectivity index (χ1) is 10.8. The van der Waals surface area contributed by atoms with Gasteiger partial charge in [-0.1, -0.05) is 32.9 Å². The van der Waals surface area contributed by atoms with Gasteiger partial charge in [0.2, 0.25) is 5.91 Å². The Bertz CT molecular complexity index is 612. The van der Waals surface area contributed by atoms with Gasteiger partial charge in [0.05, 0.1) is 17.6 Å². The molecule has 4 rings (SSSR count). The number of anilines is 1. The second kappa shape index (κ2) is 4.83. The van der Waals surface area contributed by atoms with Crippen LogP contribution in [-0.2, 0) is 14.9 Å². The molecule has 0 N–H and O–H groups in total. The normalized spacial score (nSPS) is 33.7. The highest BCUT2D eigenvalue weighted by Gasteiger charge is 2.56. The van der Waals surface area contributed by atoms with E-state index in [9.17, 15) is 4.79 Å². The lowest BCUT2D eigenvalue weighted by molar-refractivity contribution is -0.127.